The number of hydrogen-bond acceptors (Lipinski definition) is 6. The van der Waals surface area contributed by atoms with Gasteiger partial charge in [0.2, 0.25) is 0 Å². The first-order chi connectivity index (χ1) is 23.4. The van der Waals surface area contributed by atoms with E-state index in [-0.39, 0.29) is 22.6 Å². The number of hydrogen-bond donors (Lipinski definition) is 0. The minimum atomic E-state index is -0.569. The van der Waals surface area contributed by atoms with Crippen LogP contribution in [0.25, 0.3) is 0 Å². The molecule has 0 aliphatic carbocycles. The van der Waals surface area contributed by atoms with Crippen molar-refractivity contribution in [2.75, 3.05) is 13.2 Å². The molecule has 0 spiro atoms. The Kier molecular flexibility index (Phi) is 18.3. The van der Waals surface area contributed by atoms with Crippen molar-refractivity contribution < 1.29 is 28.5 Å². The maximum Gasteiger partial charge on any atom is 0.347 e. The van der Waals surface area contributed by atoms with E-state index in [2.05, 4.69) is 13.8 Å². The summed E-state index contributed by atoms with van der Waals surface area (Å²) in [5.74, 6) is 0.295. The van der Waals surface area contributed by atoms with Gasteiger partial charge in [0.15, 0.2) is 0 Å². The van der Waals surface area contributed by atoms with Gasteiger partial charge >= 0.3 is 11.9 Å². The summed E-state index contributed by atoms with van der Waals surface area (Å²) in [4.78, 5) is 27.2. The molecule has 0 bridgehead atoms. The molecule has 0 heterocycles. The summed E-state index contributed by atoms with van der Waals surface area (Å²) >= 11 is 0. The van der Waals surface area contributed by atoms with Crippen LogP contribution < -0.4 is 18.9 Å². The van der Waals surface area contributed by atoms with Gasteiger partial charge in [-0.15, -0.1) is 0 Å². The maximum absolute atomic E-state index is 13.6. The molecule has 0 radical (unpaired) electrons. The predicted octanol–water partition coefficient (Wildman–Crippen LogP) is 11.8. The zero-order valence-electron chi connectivity index (χ0n) is 30.0. The van der Waals surface area contributed by atoms with E-state index in [1.165, 1.54) is 64.2 Å². The molecule has 0 saturated carbocycles. The summed E-state index contributed by atoms with van der Waals surface area (Å²) in [5, 5.41) is 0. The zero-order valence-corrected chi connectivity index (χ0v) is 30.0. The summed E-state index contributed by atoms with van der Waals surface area (Å²) in [7, 11) is 0. The molecule has 0 atom stereocenters. The Hall–Kier alpha value is -3.80. The van der Waals surface area contributed by atoms with Crippen LogP contribution in [0.2, 0.25) is 0 Å². The van der Waals surface area contributed by atoms with Crippen molar-refractivity contribution in [2.45, 2.75) is 130 Å². The monoisotopic (exact) mass is 658 g/mol. The van der Waals surface area contributed by atoms with Crippen LogP contribution >= 0.6 is 0 Å². The lowest BCUT2D eigenvalue weighted by atomic mass is 10.1. The van der Waals surface area contributed by atoms with E-state index in [0.29, 0.717) is 24.7 Å². The van der Waals surface area contributed by atoms with Gasteiger partial charge in [0.25, 0.3) is 0 Å². The molecule has 0 unspecified atom stereocenters. The summed E-state index contributed by atoms with van der Waals surface area (Å²) in [6, 6.07) is 17.8. The highest BCUT2D eigenvalue weighted by molar-refractivity contribution is 6.00. The lowest BCUT2D eigenvalue weighted by molar-refractivity contribution is 0.0712. The van der Waals surface area contributed by atoms with Gasteiger partial charge in [-0.05, 0) is 63.1 Å². The third-order valence-corrected chi connectivity index (χ3v) is 8.50. The number of esters is 2. The molecule has 6 heteroatoms. The van der Waals surface area contributed by atoms with Crippen molar-refractivity contribution >= 4 is 11.9 Å². The van der Waals surface area contributed by atoms with Crippen molar-refractivity contribution in [3.05, 3.63) is 82.9 Å². The number of rotatable bonds is 24. The third-order valence-electron chi connectivity index (χ3n) is 8.50. The zero-order chi connectivity index (χ0) is 34.4. The van der Waals surface area contributed by atoms with Crippen LogP contribution in [0.5, 0.6) is 23.0 Å². The van der Waals surface area contributed by atoms with E-state index in [4.69, 9.17) is 18.9 Å². The number of carbonyl (C=O) groups excluding carboxylic acids is 2. The van der Waals surface area contributed by atoms with Crippen LogP contribution in [0, 0.1) is 13.8 Å². The van der Waals surface area contributed by atoms with Gasteiger partial charge in [-0.1, -0.05) is 139 Å². The summed E-state index contributed by atoms with van der Waals surface area (Å²) in [6.07, 6.45) is 18.7. The molecule has 3 aromatic carbocycles. The summed E-state index contributed by atoms with van der Waals surface area (Å²) < 4.78 is 23.9. The molecule has 6 nitrogen and oxygen atoms in total. The Morgan fingerprint density at radius 1 is 0.458 bits per heavy atom. The van der Waals surface area contributed by atoms with Gasteiger partial charge in [-0.25, -0.2) is 9.59 Å². The van der Waals surface area contributed by atoms with E-state index in [1.54, 1.807) is 36.4 Å². The highest BCUT2D eigenvalue weighted by Crippen LogP contribution is 2.32. The Labute approximate surface area is 289 Å². The SMILES string of the molecule is CCCCCCCCCCOc1cc(C(=O)Oc2ccc(C)cc2)c(OCCCCCCCCCC)cc1C(=O)Oc1ccc(C)cc1. The highest BCUT2D eigenvalue weighted by Gasteiger charge is 2.24. The van der Waals surface area contributed by atoms with E-state index < -0.39 is 11.9 Å². The quantitative estimate of drug-likeness (QED) is 0.0542. The molecule has 0 N–H and O–H groups in total. The second-order valence-electron chi connectivity index (χ2n) is 12.9. The molecule has 0 amide bonds. The largest absolute Gasteiger partial charge is 0.493 e. The fraction of sp³-hybridized carbons (Fsp3) is 0.524. The molecule has 3 aromatic rings. The summed E-state index contributed by atoms with van der Waals surface area (Å²) in [6.45, 7) is 9.26. The lowest BCUT2D eigenvalue weighted by Crippen LogP contribution is -2.16. The predicted molar refractivity (Wildman–Crippen MR) is 195 cm³/mol. The van der Waals surface area contributed by atoms with E-state index in [9.17, 15) is 9.59 Å². The topological polar surface area (TPSA) is 71.1 Å². The molecule has 0 aliphatic rings. The second-order valence-corrected chi connectivity index (χ2v) is 12.9. The number of benzene rings is 3. The van der Waals surface area contributed by atoms with Crippen LogP contribution in [0.15, 0.2) is 60.7 Å². The fourth-order valence-electron chi connectivity index (χ4n) is 5.49. The second kappa shape index (κ2) is 22.7. The van der Waals surface area contributed by atoms with Crippen LogP contribution in [-0.4, -0.2) is 25.2 Å². The minimum Gasteiger partial charge on any atom is -0.493 e. The fourth-order valence-corrected chi connectivity index (χ4v) is 5.49. The standard InChI is InChI=1S/C42H58O6/c1-5-7-9-11-13-15-17-19-29-45-39-31-38(42(44)48-36-27-23-34(4)24-28-36)40(46-30-20-18-16-14-12-10-8-6-2)32-37(39)41(43)47-35-25-21-33(3)22-26-35/h21-28,31-32H,5-20,29-30H2,1-4H3. The van der Waals surface area contributed by atoms with Crippen molar-refractivity contribution in [1.82, 2.24) is 0 Å². The maximum atomic E-state index is 13.6. The highest BCUT2D eigenvalue weighted by atomic mass is 16.5. The van der Waals surface area contributed by atoms with E-state index in [1.807, 2.05) is 38.1 Å². The lowest BCUT2D eigenvalue weighted by Gasteiger charge is -2.17. The van der Waals surface area contributed by atoms with Gasteiger partial charge in [0, 0.05) is 0 Å². The molecular weight excluding hydrogens is 600 g/mol. The average molecular weight is 659 g/mol. The molecule has 262 valence electrons. The van der Waals surface area contributed by atoms with Crippen molar-refractivity contribution in [3.63, 3.8) is 0 Å². The van der Waals surface area contributed by atoms with E-state index >= 15 is 0 Å². The van der Waals surface area contributed by atoms with Crippen molar-refractivity contribution in [1.29, 1.82) is 0 Å². The molecule has 0 saturated heterocycles. The van der Waals surface area contributed by atoms with Gasteiger partial charge in [0.05, 0.1) is 13.2 Å². The number of carbonyl (C=O) groups is 2. The molecule has 0 fully saturated rings. The molecule has 3 rings (SSSR count). The number of ether oxygens (including phenoxy) is 4. The summed E-state index contributed by atoms with van der Waals surface area (Å²) in [5.41, 5.74) is 2.57. The van der Waals surface area contributed by atoms with Crippen LogP contribution in [0.3, 0.4) is 0 Å². The van der Waals surface area contributed by atoms with Crippen molar-refractivity contribution in [3.8, 4) is 23.0 Å². The van der Waals surface area contributed by atoms with Gasteiger partial charge in [0.1, 0.15) is 34.1 Å². The Morgan fingerprint density at radius 3 is 1.10 bits per heavy atom. The Morgan fingerprint density at radius 2 is 0.771 bits per heavy atom. The first-order valence-electron chi connectivity index (χ1n) is 18.4. The smallest absolute Gasteiger partial charge is 0.347 e. The van der Waals surface area contributed by atoms with Crippen LogP contribution in [-0.2, 0) is 0 Å². The molecule has 48 heavy (non-hydrogen) atoms. The molecular formula is C42H58O6. The van der Waals surface area contributed by atoms with Gasteiger partial charge in [-0.3, -0.25) is 0 Å². The number of unbranched alkanes of at least 4 members (excludes halogenated alkanes) is 14. The molecule has 0 aromatic heterocycles. The number of aryl methyl sites for hydroxylation is 2. The van der Waals surface area contributed by atoms with Gasteiger partial charge < -0.3 is 18.9 Å². The molecule has 0 aliphatic heterocycles. The Bertz CT molecular complexity index is 1240. The van der Waals surface area contributed by atoms with Crippen molar-refractivity contribution in [2.24, 2.45) is 0 Å². The van der Waals surface area contributed by atoms with E-state index in [0.717, 1.165) is 49.7 Å². The first-order valence-corrected chi connectivity index (χ1v) is 18.4. The van der Waals surface area contributed by atoms with Gasteiger partial charge in [-0.2, -0.15) is 0 Å². The normalized spacial score (nSPS) is 10.9. The third kappa shape index (κ3) is 14.5. The van der Waals surface area contributed by atoms with Crippen LogP contribution in [0.1, 0.15) is 148 Å². The average Bonchev–Trinajstić information content (AvgIpc) is 3.08. The Balaban J connectivity index is 1.79. The minimum absolute atomic E-state index is 0.216. The first kappa shape index (κ1) is 38.6. The van der Waals surface area contributed by atoms with Crippen LogP contribution in [0.4, 0.5) is 0 Å².